The first-order valence-electron chi connectivity index (χ1n) is 5.36. The molecule has 1 aromatic rings. The molecule has 0 saturated carbocycles. The molecule has 3 heteroatoms. The topological polar surface area (TPSA) is 35.2 Å². The molecule has 0 amide bonds. The molecule has 0 bridgehead atoms. The average Bonchev–Trinajstić information content (AvgIpc) is 2.22. The molecular formula is C13H22NOPd. The van der Waals surface area contributed by atoms with Gasteiger partial charge in [-0.25, -0.2) is 0 Å². The van der Waals surface area contributed by atoms with Gasteiger partial charge >= 0.3 is 71.8 Å². The minimum atomic E-state index is 0.0417. The van der Waals surface area contributed by atoms with Gasteiger partial charge in [0.2, 0.25) is 0 Å². The van der Waals surface area contributed by atoms with E-state index in [0.29, 0.717) is 6.54 Å². The van der Waals surface area contributed by atoms with Gasteiger partial charge in [-0.1, -0.05) is 0 Å². The van der Waals surface area contributed by atoms with Gasteiger partial charge in [-0.2, -0.15) is 0 Å². The second-order valence-electron chi connectivity index (χ2n) is 4.41. The van der Waals surface area contributed by atoms with Gasteiger partial charge in [0.25, 0.3) is 0 Å². The van der Waals surface area contributed by atoms with Crippen molar-refractivity contribution in [3.05, 3.63) is 29.8 Å². The summed E-state index contributed by atoms with van der Waals surface area (Å²) in [5.41, 5.74) is 6.75. The predicted octanol–water partition coefficient (Wildman–Crippen LogP) is 1.79. The van der Waals surface area contributed by atoms with E-state index in [0.717, 1.165) is 6.42 Å². The second kappa shape index (κ2) is 7.98. The molecule has 0 atom stereocenters. The van der Waals surface area contributed by atoms with E-state index in [4.69, 9.17) is 10.5 Å². The monoisotopic (exact) mass is 314 g/mol. The summed E-state index contributed by atoms with van der Waals surface area (Å²) >= 11 is 3.18. The van der Waals surface area contributed by atoms with E-state index in [1.165, 1.54) is 9.60 Å². The third kappa shape index (κ3) is 8.01. The van der Waals surface area contributed by atoms with Gasteiger partial charge in [0.05, 0.1) is 5.60 Å². The van der Waals surface area contributed by atoms with Crippen LogP contribution in [-0.4, -0.2) is 19.3 Å². The molecule has 0 aliphatic rings. The molecule has 0 saturated heterocycles. The van der Waals surface area contributed by atoms with Crippen molar-refractivity contribution in [2.45, 2.75) is 32.8 Å². The van der Waals surface area contributed by atoms with E-state index in [9.17, 15) is 0 Å². The van der Waals surface area contributed by atoms with Crippen LogP contribution in [0.4, 0.5) is 0 Å². The molecule has 95 valence electrons. The molecular weight excluding hydrogens is 293 g/mol. The number of methoxy groups -OCH3 is 1. The standard InChI is InChI=1S/C8H10N.C5H12O.Pd/c9-7-6-8-4-2-1-3-5-8;1-5(2,3)6-4;/h1-4H,6-7,9H2;1-4H3;. The molecule has 0 aliphatic carbocycles. The van der Waals surface area contributed by atoms with Crippen LogP contribution in [0.2, 0.25) is 0 Å². The summed E-state index contributed by atoms with van der Waals surface area (Å²) in [7, 11) is 1.71. The zero-order chi connectivity index (χ0) is 12.6. The maximum absolute atomic E-state index is 5.41. The van der Waals surface area contributed by atoms with Crippen molar-refractivity contribution < 1.29 is 23.9 Å². The molecule has 0 fully saturated rings. The summed E-state index contributed by atoms with van der Waals surface area (Å²) in [4.78, 5) is 0. The molecule has 0 radical (unpaired) electrons. The van der Waals surface area contributed by atoms with Crippen LogP contribution in [0.3, 0.4) is 0 Å². The Balaban J connectivity index is 0.000000325. The van der Waals surface area contributed by atoms with E-state index in [1.807, 2.05) is 39.0 Å². The van der Waals surface area contributed by atoms with Crippen molar-refractivity contribution in [2.24, 2.45) is 5.73 Å². The fraction of sp³-hybridized carbons (Fsp3) is 0.538. The number of nitrogens with two attached hydrogens (primary N) is 1. The Kier molecular flexibility index (Phi) is 7.88. The van der Waals surface area contributed by atoms with Gasteiger partial charge < -0.3 is 4.74 Å². The predicted molar refractivity (Wildman–Crippen MR) is 65.6 cm³/mol. The van der Waals surface area contributed by atoms with Crippen LogP contribution in [0, 0.1) is 0 Å². The Labute approximate surface area is 110 Å². The molecule has 2 N–H and O–H groups in total. The van der Waals surface area contributed by atoms with Gasteiger partial charge in [-0.05, 0) is 20.8 Å². The maximum atomic E-state index is 5.41. The van der Waals surface area contributed by atoms with Crippen LogP contribution < -0.4 is 9.77 Å². The quantitative estimate of drug-likeness (QED) is 0.845. The van der Waals surface area contributed by atoms with Crippen molar-refractivity contribution in [3.8, 4) is 0 Å². The van der Waals surface area contributed by atoms with Crippen molar-refractivity contribution in [1.82, 2.24) is 0 Å². The van der Waals surface area contributed by atoms with Crippen LogP contribution in [0.5, 0.6) is 0 Å². The fourth-order valence-corrected chi connectivity index (χ4v) is 1.31. The number of ether oxygens (including phenoxy) is 1. The molecule has 0 aliphatic heterocycles. The second-order valence-corrected chi connectivity index (χ2v) is 5.25. The first-order chi connectivity index (χ1) is 7.40. The average molecular weight is 315 g/mol. The van der Waals surface area contributed by atoms with Crippen molar-refractivity contribution in [3.63, 3.8) is 0 Å². The molecule has 2 nitrogen and oxygen atoms in total. The Morgan fingerprint density at radius 1 is 1.25 bits per heavy atom. The molecule has 1 aromatic carbocycles. The number of benzene rings is 1. The van der Waals surface area contributed by atoms with Gasteiger partial charge in [0.15, 0.2) is 0 Å². The van der Waals surface area contributed by atoms with Crippen LogP contribution in [-0.2, 0) is 30.4 Å². The summed E-state index contributed by atoms with van der Waals surface area (Å²) in [6, 6.07) is 8.18. The molecule has 0 heterocycles. The van der Waals surface area contributed by atoms with E-state index in [1.54, 1.807) is 7.11 Å². The Hall–Kier alpha value is -0.198. The first-order valence-corrected chi connectivity index (χ1v) is 6.14. The molecule has 0 spiro atoms. The minimum absolute atomic E-state index is 0.0417. The summed E-state index contributed by atoms with van der Waals surface area (Å²) < 4.78 is 6.13. The zero-order valence-corrected chi connectivity index (χ0v) is 12.1. The molecule has 1 rings (SSSR count). The Bertz CT molecular complexity index is 294. The van der Waals surface area contributed by atoms with E-state index < -0.39 is 0 Å². The van der Waals surface area contributed by atoms with E-state index in [-0.39, 0.29) is 5.60 Å². The fourth-order valence-electron chi connectivity index (χ4n) is 0.838. The van der Waals surface area contributed by atoms with Gasteiger partial charge in [0.1, 0.15) is 0 Å². The number of rotatable bonds is 2. The van der Waals surface area contributed by atoms with Crippen molar-refractivity contribution >= 4 is 4.04 Å². The number of hydrogen-bond acceptors (Lipinski definition) is 2. The SMILES string of the molecule is COC(C)(C)C.NCCc1cccc[c]1[Pd]. The van der Waals surface area contributed by atoms with Gasteiger partial charge in [-0.15, -0.1) is 0 Å². The van der Waals surface area contributed by atoms with Crippen molar-refractivity contribution in [1.29, 1.82) is 0 Å². The summed E-state index contributed by atoms with van der Waals surface area (Å²) in [6.45, 7) is 6.78. The van der Waals surface area contributed by atoms with Gasteiger partial charge in [-0.3, -0.25) is 0 Å². The van der Waals surface area contributed by atoms with Gasteiger partial charge in [0, 0.05) is 7.11 Å². The normalized spacial score (nSPS) is 10.7. The first kappa shape index (κ1) is 15.8. The van der Waals surface area contributed by atoms with Crippen LogP contribution in [0.15, 0.2) is 24.3 Å². The van der Waals surface area contributed by atoms with E-state index in [2.05, 4.69) is 25.3 Å². The Morgan fingerprint density at radius 2 is 1.75 bits per heavy atom. The zero-order valence-electron chi connectivity index (χ0n) is 10.5. The summed E-state index contributed by atoms with van der Waals surface area (Å²) in [6.07, 6.45) is 0.955. The third-order valence-electron chi connectivity index (χ3n) is 1.95. The van der Waals surface area contributed by atoms with Crippen molar-refractivity contribution in [2.75, 3.05) is 13.7 Å². The van der Waals surface area contributed by atoms with Crippen LogP contribution >= 0.6 is 0 Å². The van der Waals surface area contributed by atoms with Crippen LogP contribution in [0.1, 0.15) is 26.3 Å². The molecule has 16 heavy (non-hydrogen) atoms. The summed E-state index contributed by atoms with van der Waals surface area (Å²) in [5.74, 6) is 0. The molecule has 0 unspecified atom stereocenters. The Morgan fingerprint density at radius 3 is 2.12 bits per heavy atom. The molecule has 0 aromatic heterocycles. The number of hydrogen-bond donors (Lipinski definition) is 1. The van der Waals surface area contributed by atoms with E-state index >= 15 is 0 Å². The van der Waals surface area contributed by atoms with Crippen LogP contribution in [0.25, 0.3) is 0 Å². The third-order valence-corrected chi connectivity index (χ3v) is 2.71. The summed E-state index contributed by atoms with van der Waals surface area (Å²) in [5, 5.41) is 0.